The van der Waals surface area contributed by atoms with Crippen LogP contribution in [-0.4, -0.2) is 42.0 Å². The molecule has 1 amide bonds. The van der Waals surface area contributed by atoms with Crippen molar-refractivity contribution < 1.29 is 14.5 Å². The molecule has 0 fully saturated rings. The van der Waals surface area contributed by atoms with Gasteiger partial charge in [-0.05, 0) is 13.0 Å². The minimum absolute atomic E-state index is 0. The van der Waals surface area contributed by atoms with E-state index in [1.165, 1.54) is 12.1 Å². The fourth-order valence-corrected chi connectivity index (χ4v) is 1.56. The third-order valence-corrected chi connectivity index (χ3v) is 3.03. The number of likely N-dealkylation sites (N-methyl/N-ethyl adjacent to an activating group) is 1. The molecule has 8 heteroatoms. The Morgan fingerprint density at radius 1 is 1.48 bits per heavy atom. The molecule has 0 radical (unpaired) electrons. The highest BCUT2D eigenvalue weighted by Gasteiger charge is 2.16. The number of carbonyl (C=O) groups is 1. The number of halogens is 1. The first kappa shape index (κ1) is 19.1. The van der Waals surface area contributed by atoms with E-state index in [-0.39, 0.29) is 48.8 Å². The summed E-state index contributed by atoms with van der Waals surface area (Å²) in [4.78, 5) is 23.6. The van der Waals surface area contributed by atoms with Gasteiger partial charge in [-0.25, -0.2) is 0 Å². The summed E-state index contributed by atoms with van der Waals surface area (Å²) in [5.74, 6) is 0.0568. The van der Waals surface area contributed by atoms with E-state index in [1.54, 1.807) is 24.1 Å². The molecule has 1 aromatic rings. The lowest BCUT2D eigenvalue weighted by atomic mass is 10.2. The average Bonchev–Trinajstić information content (AvgIpc) is 2.45. The van der Waals surface area contributed by atoms with E-state index >= 15 is 0 Å². The average molecular weight is 318 g/mol. The molecule has 1 atom stereocenters. The van der Waals surface area contributed by atoms with Gasteiger partial charge in [-0.3, -0.25) is 14.9 Å². The molecule has 0 aliphatic heterocycles. The van der Waals surface area contributed by atoms with Crippen molar-refractivity contribution >= 4 is 24.0 Å². The number of amides is 1. The normalized spacial score (nSPS) is 11.2. The minimum atomic E-state index is -0.514. The second-order valence-electron chi connectivity index (χ2n) is 4.41. The van der Waals surface area contributed by atoms with Gasteiger partial charge in [-0.15, -0.1) is 12.4 Å². The van der Waals surface area contributed by atoms with Crippen molar-refractivity contribution in [1.82, 2.24) is 4.90 Å². The molecule has 0 aliphatic rings. The Bertz CT molecular complexity index is 484. The molecule has 0 aliphatic carbocycles. The highest BCUT2D eigenvalue weighted by molar-refractivity contribution is 5.85. The van der Waals surface area contributed by atoms with Crippen LogP contribution in [0.25, 0.3) is 0 Å². The largest absolute Gasteiger partial charge is 0.486 e. The number of hydrogen-bond donors (Lipinski definition) is 1. The van der Waals surface area contributed by atoms with Crippen LogP contribution in [0.1, 0.15) is 13.3 Å². The van der Waals surface area contributed by atoms with Gasteiger partial charge in [-0.1, -0.05) is 12.1 Å². The van der Waals surface area contributed by atoms with Crippen molar-refractivity contribution in [2.75, 3.05) is 20.2 Å². The van der Waals surface area contributed by atoms with Crippen LogP contribution in [0, 0.1) is 10.1 Å². The Labute approximate surface area is 129 Å². The van der Waals surface area contributed by atoms with E-state index in [2.05, 4.69) is 0 Å². The van der Waals surface area contributed by atoms with Crippen LogP contribution in [-0.2, 0) is 4.79 Å². The summed E-state index contributed by atoms with van der Waals surface area (Å²) in [6.45, 7) is 2.32. The summed E-state index contributed by atoms with van der Waals surface area (Å²) in [6, 6.07) is 6.03. The first-order valence-electron chi connectivity index (χ1n) is 6.29. The third kappa shape index (κ3) is 5.57. The molecule has 118 valence electrons. The first-order chi connectivity index (χ1) is 9.47. The lowest BCUT2D eigenvalue weighted by molar-refractivity contribution is -0.385. The number of carbonyl (C=O) groups excluding carboxylic acids is 1. The Hall–Kier alpha value is -1.86. The molecule has 2 N–H and O–H groups in total. The SMILES string of the molecule is CC(CN)N(C)C(=O)CCOc1ccccc1[N+](=O)[O-].Cl. The maximum absolute atomic E-state index is 11.8. The van der Waals surface area contributed by atoms with E-state index in [4.69, 9.17) is 10.5 Å². The molecule has 21 heavy (non-hydrogen) atoms. The van der Waals surface area contributed by atoms with E-state index < -0.39 is 4.92 Å². The zero-order chi connectivity index (χ0) is 15.1. The molecule has 1 unspecified atom stereocenters. The van der Waals surface area contributed by atoms with Gasteiger partial charge in [0.1, 0.15) is 0 Å². The fraction of sp³-hybridized carbons (Fsp3) is 0.462. The number of rotatable bonds is 7. The zero-order valence-corrected chi connectivity index (χ0v) is 12.8. The van der Waals surface area contributed by atoms with Crippen LogP contribution < -0.4 is 10.5 Å². The van der Waals surface area contributed by atoms with Crippen LogP contribution in [0.4, 0.5) is 5.69 Å². The number of nitro benzene ring substituents is 1. The van der Waals surface area contributed by atoms with Crippen LogP contribution in [0.2, 0.25) is 0 Å². The Balaban J connectivity index is 0.00000400. The maximum Gasteiger partial charge on any atom is 0.310 e. The van der Waals surface area contributed by atoms with Gasteiger partial charge < -0.3 is 15.4 Å². The molecule has 1 rings (SSSR count). The van der Waals surface area contributed by atoms with Gasteiger partial charge in [0.25, 0.3) is 0 Å². The maximum atomic E-state index is 11.8. The number of nitrogens with zero attached hydrogens (tertiary/aromatic N) is 2. The van der Waals surface area contributed by atoms with E-state index in [0.717, 1.165) is 0 Å². The van der Waals surface area contributed by atoms with Crippen LogP contribution in [0.3, 0.4) is 0 Å². The Morgan fingerprint density at radius 2 is 2.10 bits per heavy atom. The van der Waals surface area contributed by atoms with Crippen molar-refractivity contribution in [1.29, 1.82) is 0 Å². The Kier molecular flexibility index (Phi) is 8.34. The topological polar surface area (TPSA) is 98.7 Å². The van der Waals surface area contributed by atoms with Gasteiger partial charge >= 0.3 is 5.69 Å². The number of ether oxygens (including phenoxy) is 1. The second kappa shape index (κ2) is 9.15. The van der Waals surface area contributed by atoms with Gasteiger partial charge in [-0.2, -0.15) is 0 Å². The van der Waals surface area contributed by atoms with Gasteiger partial charge in [0.2, 0.25) is 5.91 Å². The second-order valence-corrected chi connectivity index (χ2v) is 4.41. The quantitative estimate of drug-likeness (QED) is 0.608. The minimum Gasteiger partial charge on any atom is -0.486 e. The van der Waals surface area contributed by atoms with Crippen LogP contribution >= 0.6 is 12.4 Å². The monoisotopic (exact) mass is 317 g/mol. The molecule has 0 bridgehead atoms. The summed E-state index contributed by atoms with van der Waals surface area (Å²) in [7, 11) is 1.67. The van der Waals surface area contributed by atoms with Crippen molar-refractivity contribution in [3.8, 4) is 5.75 Å². The van der Waals surface area contributed by atoms with Crippen molar-refractivity contribution in [3.63, 3.8) is 0 Å². The van der Waals surface area contributed by atoms with Crippen LogP contribution in [0.5, 0.6) is 5.75 Å². The number of para-hydroxylation sites is 2. The molecule has 0 saturated carbocycles. The van der Waals surface area contributed by atoms with Gasteiger partial charge in [0.05, 0.1) is 18.0 Å². The lowest BCUT2D eigenvalue weighted by Crippen LogP contribution is -2.40. The highest BCUT2D eigenvalue weighted by atomic mass is 35.5. The van der Waals surface area contributed by atoms with E-state index in [1.807, 2.05) is 6.92 Å². The van der Waals surface area contributed by atoms with Crippen molar-refractivity contribution in [2.24, 2.45) is 5.73 Å². The summed E-state index contributed by atoms with van der Waals surface area (Å²) >= 11 is 0. The molecular formula is C13H20ClN3O4. The Morgan fingerprint density at radius 3 is 2.67 bits per heavy atom. The van der Waals surface area contributed by atoms with Crippen LogP contribution in [0.15, 0.2) is 24.3 Å². The van der Waals surface area contributed by atoms with Gasteiger partial charge in [0, 0.05) is 25.7 Å². The summed E-state index contributed by atoms with van der Waals surface area (Å²) in [6.07, 6.45) is 0.146. The predicted molar refractivity (Wildman–Crippen MR) is 81.7 cm³/mol. The summed E-state index contributed by atoms with van der Waals surface area (Å²) < 4.78 is 5.31. The smallest absolute Gasteiger partial charge is 0.310 e. The molecule has 7 nitrogen and oxygen atoms in total. The van der Waals surface area contributed by atoms with E-state index in [0.29, 0.717) is 6.54 Å². The number of nitro groups is 1. The third-order valence-electron chi connectivity index (χ3n) is 3.03. The molecule has 1 aromatic carbocycles. The molecule has 0 heterocycles. The molecule has 0 saturated heterocycles. The molecular weight excluding hydrogens is 298 g/mol. The summed E-state index contributed by atoms with van der Waals surface area (Å²) in [5, 5.41) is 10.8. The predicted octanol–water partition coefficient (Wildman–Crippen LogP) is 1.59. The first-order valence-corrected chi connectivity index (χ1v) is 6.29. The highest BCUT2D eigenvalue weighted by Crippen LogP contribution is 2.25. The number of hydrogen-bond acceptors (Lipinski definition) is 5. The standard InChI is InChI=1S/C13H19N3O4.ClH/c1-10(9-14)15(2)13(17)7-8-20-12-6-4-3-5-11(12)16(18)19;/h3-6,10H,7-9,14H2,1-2H3;1H. The lowest BCUT2D eigenvalue weighted by Gasteiger charge is -2.23. The number of nitrogens with two attached hydrogens (primary N) is 1. The fourth-order valence-electron chi connectivity index (χ4n) is 1.56. The number of benzene rings is 1. The van der Waals surface area contributed by atoms with E-state index in [9.17, 15) is 14.9 Å². The van der Waals surface area contributed by atoms with Crippen molar-refractivity contribution in [3.05, 3.63) is 34.4 Å². The van der Waals surface area contributed by atoms with Crippen molar-refractivity contribution in [2.45, 2.75) is 19.4 Å². The summed E-state index contributed by atoms with van der Waals surface area (Å²) in [5.41, 5.74) is 5.38. The van der Waals surface area contributed by atoms with Gasteiger partial charge in [0.15, 0.2) is 5.75 Å². The molecule has 0 aromatic heterocycles. The zero-order valence-electron chi connectivity index (χ0n) is 12.0. The molecule has 0 spiro atoms.